The van der Waals surface area contributed by atoms with Crippen LogP contribution >= 0.6 is 0 Å². The van der Waals surface area contributed by atoms with Crippen LogP contribution in [0.2, 0.25) is 0 Å². The van der Waals surface area contributed by atoms with Crippen LogP contribution < -0.4 is 4.74 Å². The van der Waals surface area contributed by atoms with Crippen molar-refractivity contribution >= 4 is 0 Å². The molecule has 2 aliphatic rings. The summed E-state index contributed by atoms with van der Waals surface area (Å²) in [5.74, 6) is 0.300. The van der Waals surface area contributed by atoms with E-state index in [1.165, 1.54) is 6.07 Å². The minimum absolute atomic E-state index is 0.123. The maximum Gasteiger partial charge on any atom is 0.134 e. The van der Waals surface area contributed by atoms with Gasteiger partial charge in [-0.3, -0.25) is 4.90 Å². The van der Waals surface area contributed by atoms with Gasteiger partial charge in [-0.05, 0) is 43.5 Å². The Bertz CT molecular complexity index is 550. The topological polar surface area (TPSA) is 51.2 Å². The molecule has 3 rings (SSSR count). The second-order valence-electron chi connectivity index (χ2n) is 6.79. The third-order valence-electron chi connectivity index (χ3n) is 4.74. The number of benzene rings is 1. The molecule has 1 atom stereocenters. The molecule has 1 N–H and O–H groups in total. The van der Waals surface area contributed by atoms with Gasteiger partial charge >= 0.3 is 0 Å². The van der Waals surface area contributed by atoms with Crippen molar-refractivity contribution in [2.75, 3.05) is 46.1 Å². The fourth-order valence-corrected chi connectivity index (χ4v) is 3.32. The second-order valence-corrected chi connectivity index (χ2v) is 6.79. The van der Waals surface area contributed by atoms with Crippen LogP contribution in [0.5, 0.6) is 5.75 Å². The molecule has 0 unspecified atom stereocenters. The van der Waals surface area contributed by atoms with Gasteiger partial charge in [0.25, 0.3) is 0 Å². The summed E-state index contributed by atoms with van der Waals surface area (Å²) < 4.78 is 30.1. The molecule has 24 heavy (non-hydrogen) atoms. The highest BCUT2D eigenvalue weighted by Gasteiger charge is 2.36. The number of hydrogen-bond donors (Lipinski definition) is 1. The van der Waals surface area contributed by atoms with Crippen LogP contribution in [-0.2, 0) is 9.47 Å². The van der Waals surface area contributed by atoms with Gasteiger partial charge in [-0.25, -0.2) is 4.39 Å². The minimum atomic E-state index is -1.07. The largest absolute Gasteiger partial charge is 0.490 e. The van der Waals surface area contributed by atoms with Crippen molar-refractivity contribution < 1.29 is 23.7 Å². The Morgan fingerprint density at radius 3 is 2.83 bits per heavy atom. The van der Waals surface area contributed by atoms with Crippen molar-refractivity contribution in [2.45, 2.75) is 31.4 Å². The van der Waals surface area contributed by atoms with E-state index in [4.69, 9.17) is 14.2 Å². The lowest BCUT2D eigenvalue weighted by molar-refractivity contribution is -0.0714. The molecule has 2 saturated heterocycles. The molecular formula is C18H26FNO4. The summed E-state index contributed by atoms with van der Waals surface area (Å²) >= 11 is 0. The number of nitrogens with zero attached hydrogens (tertiary/aromatic N) is 1. The van der Waals surface area contributed by atoms with Gasteiger partial charge in [0.15, 0.2) is 0 Å². The highest BCUT2D eigenvalue weighted by molar-refractivity contribution is 5.28. The van der Waals surface area contributed by atoms with Gasteiger partial charge in [0.05, 0.1) is 13.2 Å². The van der Waals surface area contributed by atoms with Crippen LogP contribution in [-0.4, -0.2) is 67.8 Å². The molecule has 0 bridgehead atoms. The van der Waals surface area contributed by atoms with Crippen LogP contribution in [0.3, 0.4) is 0 Å². The summed E-state index contributed by atoms with van der Waals surface area (Å²) in [7, 11) is 0. The molecule has 0 aliphatic carbocycles. The molecule has 0 saturated carbocycles. The predicted octanol–water partition coefficient (Wildman–Crippen LogP) is 1.76. The van der Waals surface area contributed by atoms with Crippen molar-refractivity contribution in [1.29, 1.82) is 0 Å². The molecule has 0 amide bonds. The normalized spacial score (nSPS) is 27.0. The number of rotatable bonds is 4. The molecule has 2 heterocycles. The van der Waals surface area contributed by atoms with Gasteiger partial charge in [0, 0.05) is 32.3 Å². The van der Waals surface area contributed by atoms with E-state index in [9.17, 15) is 9.50 Å². The first kappa shape index (κ1) is 17.6. The van der Waals surface area contributed by atoms with E-state index in [2.05, 4.69) is 4.90 Å². The third kappa shape index (κ3) is 4.45. The molecule has 0 spiro atoms. The van der Waals surface area contributed by atoms with E-state index in [-0.39, 0.29) is 19.0 Å². The maximum absolute atomic E-state index is 13.3. The lowest BCUT2D eigenvalue weighted by atomic mass is 10.0. The van der Waals surface area contributed by atoms with Crippen LogP contribution in [0.15, 0.2) is 18.2 Å². The molecule has 1 aromatic carbocycles. The van der Waals surface area contributed by atoms with Crippen LogP contribution in [0, 0.1) is 12.7 Å². The number of ether oxygens (including phenoxy) is 3. The Kier molecular flexibility index (Phi) is 5.71. The van der Waals surface area contributed by atoms with Gasteiger partial charge < -0.3 is 19.3 Å². The monoisotopic (exact) mass is 339 g/mol. The first-order chi connectivity index (χ1) is 11.6. The fraction of sp³-hybridized carbons (Fsp3) is 0.667. The SMILES string of the molecule is Cc1cc(OC[C@@]2(O)COCCN(C3CCOCC3)C2)ccc1F. The third-order valence-corrected chi connectivity index (χ3v) is 4.74. The second kappa shape index (κ2) is 7.78. The Morgan fingerprint density at radius 2 is 2.08 bits per heavy atom. The molecule has 1 aromatic rings. The zero-order valence-corrected chi connectivity index (χ0v) is 14.2. The zero-order chi connectivity index (χ0) is 17.0. The number of aryl methyl sites for hydroxylation is 1. The molecular weight excluding hydrogens is 313 g/mol. The summed E-state index contributed by atoms with van der Waals surface area (Å²) in [6.07, 6.45) is 1.96. The number of aliphatic hydroxyl groups is 1. The highest BCUT2D eigenvalue weighted by Crippen LogP contribution is 2.22. The average Bonchev–Trinajstić information content (AvgIpc) is 2.79. The zero-order valence-electron chi connectivity index (χ0n) is 14.2. The van der Waals surface area contributed by atoms with Gasteiger partial charge in [0.2, 0.25) is 0 Å². The summed E-state index contributed by atoms with van der Waals surface area (Å²) in [4.78, 5) is 2.29. The quantitative estimate of drug-likeness (QED) is 0.906. The minimum Gasteiger partial charge on any atom is -0.490 e. The molecule has 2 aliphatic heterocycles. The van der Waals surface area contributed by atoms with E-state index in [1.807, 2.05) is 0 Å². The van der Waals surface area contributed by atoms with E-state index in [1.54, 1.807) is 19.1 Å². The lowest BCUT2D eigenvalue weighted by Crippen LogP contribution is -2.52. The average molecular weight is 339 g/mol. The first-order valence-corrected chi connectivity index (χ1v) is 8.57. The molecule has 2 fully saturated rings. The van der Waals surface area contributed by atoms with E-state index in [0.29, 0.717) is 30.5 Å². The van der Waals surface area contributed by atoms with Crippen LogP contribution in [0.25, 0.3) is 0 Å². The molecule has 0 aromatic heterocycles. The maximum atomic E-state index is 13.3. The predicted molar refractivity (Wildman–Crippen MR) is 87.8 cm³/mol. The van der Waals surface area contributed by atoms with E-state index in [0.717, 1.165) is 32.6 Å². The number of β-amino-alcohol motifs (C(OH)–C–C–N with tert-alkyl or cyclic N) is 1. The van der Waals surface area contributed by atoms with E-state index < -0.39 is 5.60 Å². The Morgan fingerprint density at radius 1 is 1.29 bits per heavy atom. The highest BCUT2D eigenvalue weighted by atomic mass is 19.1. The van der Waals surface area contributed by atoms with Crippen molar-refractivity contribution in [3.63, 3.8) is 0 Å². The van der Waals surface area contributed by atoms with E-state index >= 15 is 0 Å². The van der Waals surface area contributed by atoms with Gasteiger partial charge in [-0.2, -0.15) is 0 Å². The van der Waals surface area contributed by atoms with Crippen molar-refractivity contribution in [3.05, 3.63) is 29.6 Å². The Balaban J connectivity index is 1.62. The molecule has 0 radical (unpaired) electrons. The Hall–Kier alpha value is -1.21. The lowest BCUT2D eigenvalue weighted by Gasteiger charge is -2.37. The molecule has 5 nitrogen and oxygen atoms in total. The van der Waals surface area contributed by atoms with Gasteiger partial charge in [0.1, 0.15) is 23.8 Å². The van der Waals surface area contributed by atoms with Gasteiger partial charge in [-0.15, -0.1) is 0 Å². The summed E-state index contributed by atoms with van der Waals surface area (Å²) in [6.45, 7) is 5.52. The smallest absolute Gasteiger partial charge is 0.134 e. The van der Waals surface area contributed by atoms with Gasteiger partial charge in [-0.1, -0.05) is 0 Å². The van der Waals surface area contributed by atoms with Crippen molar-refractivity contribution in [3.8, 4) is 5.75 Å². The standard InChI is InChI=1S/C18H26FNO4/c1-14-10-16(2-3-17(14)19)24-13-18(21)11-20(6-9-23-12-18)15-4-7-22-8-5-15/h2-3,10,15,21H,4-9,11-13H2,1H3/t18-/m0/s1. The van der Waals surface area contributed by atoms with Crippen LogP contribution in [0.1, 0.15) is 18.4 Å². The Labute approximate surface area is 142 Å². The molecule has 134 valence electrons. The number of hydrogen-bond acceptors (Lipinski definition) is 5. The van der Waals surface area contributed by atoms with Crippen molar-refractivity contribution in [2.24, 2.45) is 0 Å². The summed E-state index contributed by atoms with van der Waals surface area (Å²) in [6, 6.07) is 5.03. The number of halogens is 1. The summed E-state index contributed by atoms with van der Waals surface area (Å²) in [5.41, 5.74) is -0.544. The summed E-state index contributed by atoms with van der Waals surface area (Å²) in [5, 5.41) is 10.9. The van der Waals surface area contributed by atoms with Crippen molar-refractivity contribution in [1.82, 2.24) is 4.90 Å². The molecule has 6 heteroatoms. The first-order valence-electron chi connectivity index (χ1n) is 8.57. The van der Waals surface area contributed by atoms with Crippen LogP contribution in [0.4, 0.5) is 4.39 Å². The fourth-order valence-electron chi connectivity index (χ4n) is 3.32.